The van der Waals surface area contributed by atoms with Gasteiger partial charge in [-0.15, -0.1) is 0 Å². The van der Waals surface area contributed by atoms with Crippen LogP contribution in [-0.4, -0.2) is 54.3 Å². The highest BCUT2D eigenvalue weighted by atomic mass is 35.5. The van der Waals surface area contributed by atoms with Crippen LogP contribution < -0.4 is 14.8 Å². The van der Waals surface area contributed by atoms with E-state index in [0.29, 0.717) is 23.0 Å². The molecule has 1 saturated heterocycles. The molecule has 2 aromatic rings. The maximum atomic E-state index is 12.7. The number of anilines is 1. The van der Waals surface area contributed by atoms with E-state index in [1.807, 2.05) is 6.07 Å². The number of ether oxygens (including phenoxy) is 3. The first-order chi connectivity index (χ1) is 16.7. The summed E-state index contributed by atoms with van der Waals surface area (Å²) in [6, 6.07) is 12.0. The second kappa shape index (κ2) is 11.8. The Morgan fingerprint density at radius 1 is 1.17 bits per heavy atom. The topological polar surface area (TPSA) is 111 Å². The number of carbonyl (C=O) groups is 4. The molecule has 0 aromatic heterocycles. The van der Waals surface area contributed by atoms with E-state index in [-0.39, 0.29) is 40.0 Å². The molecule has 35 heavy (non-hydrogen) atoms. The summed E-state index contributed by atoms with van der Waals surface area (Å²) in [5.41, 5.74) is 1.09. The number of para-hydroxylation sites is 1. The Labute approximate surface area is 211 Å². The number of carbonyl (C=O) groups excluding carboxylic acids is 4. The molecule has 1 fully saturated rings. The maximum Gasteiger partial charge on any atom is 0.326 e. The fraction of sp³-hybridized carbons (Fsp3) is 0.250. The third kappa shape index (κ3) is 7.00. The van der Waals surface area contributed by atoms with Crippen molar-refractivity contribution in [2.75, 3.05) is 25.6 Å². The van der Waals surface area contributed by atoms with Gasteiger partial charge in [0, 0.05) is 5.69 Å². The molecule has 184 valence electrons. The summed E-state index contributed by atoms with van der Waals surface area (Å²) < 4.78 is 15.9. The first kappa shape index (κ1) is 26.1. The van der Waals surface area contributed by atoms with E-state index in [1.165, 1.54) is 19.3 Å². The van der Waals surface area contributed by atoms with Crippen LogP contribution >= 0.6 is 23.4 Å². The standard InChI is InChI=1S/C24H23ClN2O7S/c1-14(2)34-21(29)12-27-23(30)19(35-24(27)31)11-15-9-17(25)22(18(10-15)32-3)33-13-20(28)26-16-7-5-4-6-8-16/h4-11,14H,12-13H2,1-3H3,(H,26,28)/b19-11+. The summed E-state index contributed by atoms with van der Waals surface area (Å²) in [5, 5.41) is 2.26. The van der Waals surface area contributed by atoms with Crippen molar-refractivity contribution in [1.82, 2.24) is 4.90 Å². The molecule has 1 N–H and O–H groups in total. The van der Waals surface area contributed by atoms with Gasteiger partial charge in [-0.3, -0.25) is 24.1 Å². The number of benzene rings is 2. The first-order valence-corrected chi connectivity index (χ1v) is 11.7. The molecular formula is C24H23ClN2O7S. The van der Waals surface area contributed by atoms with Gasteiger partial charge in [-0.2, -0.15) is 0 Å². The number of methoxy groups -OCH3 is 1. The Morgan fingerprint density at radius 2 is 1.89 bits per heavy atom. The van der Waals surface area contributed by atoms with Gasteiger partial charge >= 0.3 is 5.97 Å². The highest BCUT2D eigenvalue weighted by Gasteiger charge is 2.37. The molecule has 0 radical (unpaired) electrons. The zero-order chi connectivity index (χ0) is 25.5. The molecule has 9 nitrogen and oxygen atoms in total. The molecule has 0 bridgehead atoms. The molecule has 0 atom stereocenters. The van der Waals surface area contributed by atoms with Crippen molar-refractivity contribution in [2.45, 2.75) is 20.0 Å². The van der Waals surface area contributed by atoms with Gasteiger partial charge in [0.1, 0.15) is 6.54 Å². The van der Waals surface area contributed by atoms with Crippen molar-refractivity contribution in [1.29, 1.82) is 0 Å². The molecule has 0 unspecified atom stereocenters. The zero-order valence-electron chi connectivity index (χ0n) is 19.2. The molecule has 1 aliphatic rings. The van der Waals surface area contributed by atoms with Crippen molar-refractivity contribution in [3.63, 3.8) is 0 Å². The minimum absolute atomic E-state index is 0.112. The second-order valence-corrected chi connectivity index (χ2v) is 8.94. The smallest absolute Gasteiger partial charge is 0.326 e. The minimum atomic E-state index is -0.675. The van der Waals surface area contributed by atoms with Gasteiger partial charge in [-0.1, -0.05) is 29.8 Å². The van der Waals surface area contributed by atoms with Gasteiger partial charge in [0.25, 0.3) is 17.1 Å². The summed E-state index contributed by atoms with van der Waals surface area (Å²) in [6.45, 7) is 2.56. The molecule has 1 heterocycles. The van der Waals surface area contributed by atoms with E-state index in [4.69, 9.17) is 25.8 Å². The van der Waals surface area contributed by atoms with E-state index in [0.717, 1.165) is 4.90 Å². The zero-order valence-corrected chi connectivity index (χ0v) is 20.8. The Kier molecular flexibility index (Phi) is 8.78. The molecule has 1 aliphatic heterocycles. The van der Waals surface area contributed by atoms with Crippen LogP contribution in [0.2, 0.25) is 5.02 Å². The Morgan fingerprint density at radius 3 is 2.54 bits per heavy atom. The molecular weight excluding hydrogens is 496 g/mol. The normalized spacial score (nSPS) is 14.4. The number of esters is 1. The third-order valence-corrected chi connectivity index (χ3v) is 5.67. The summed E-state index contributed by atoms with van der Waals surface area (Å²) in [4.78, 5) is 49.9. The van der Waals surface area contributed by atoms with Crippen LogP contribution in [0.15, 0.2) is 47.4 Å². The van der Waals surface area contributed by atoms with Crippen LogP contribution in [0, 0.1) is 0 Å². The first-order valence-electron chi connectivity index (χ1n) is 10.5. The Balaban J connectivity index is 1.71. The van der Waals surface area contributed by atoms with Crippen molar-refractivity contribution in [3.05, 3.63) is 58.0 Å². The fourth-order valence-corrected chi connectivity index (χ4v) is 4.15. The molecule has 0 spiro atoms. The van der Waals surface area contributed by atoms with Crippen molar-refractivity contribution < 1.29 is 33.4 Å². The van der Waals surface area contributed by atoms with Crippen LogP contribution in [0.25, 0.3) is 6.08 Å². The van der Waals surface area contributed by atoms with E-state index in [9.17, 15) is 19.2 Å². The quantitative estimate of drug-likeness (QED) is 0.385. The lowest BCUT2D eigenvalue weighted by Crippen LogP contribution is -2.35. The molecule has 11 heteroatoms. The van der Waals surface area contributed by atoms with Crippen molar-refractivity contribution in [2.24, 2.45) is 0 Å². The molecule has 3 rings (SSSR count). The lowest BCUT2D eigenvalue weighted by Gasteiger charge is -2.14. The average Bonchev–Trinajstić information content (AvgIpc) is 3.05. The van der Waals surface area contributed by atoms with Crippen LogP contribution in [-0.2, 0) is 19.1 Å². The SMILES string of the molecule is COc1cc(/C=C2/SC(=O)N(CC(=O)OC(C)C)C2=O)cc(Cl)c1OCC(=O)Nc1ccccc1. The largest absolute Gasteiger partial charge is 0.493 e. The lowest BCUT2D eigenvalue weighted by molar-refractivity contribution is -0.149. The van der Waals surface area contributed by atoms with Crippen molar-refractivity contribution >= 4 is 58.1 Å². The van der Waals surface area contributed by atoms with Gasteiger partial charge in [0.15, 0.2) is 18.1 Å². The van der Waals surface area contributed by atoms with Crippen LogP contribution in [0.3, 0.4) is 0 Å². The van der Waals surface area contributed by atoms with E-state index < -0.39 is 23.7 Å². The summed E-state index contributed by atoms with van der Waals surface area (Å²) in [7, 11) is 1.40. The monoisotopic (exact) mass is 518 g/mol. The number of rotatable bonds is 9. The lowest BCUT2D eigenvalue weighted by atomic mass is 10.1. The van der Waals surface area contributed by atoms with Gasteiger partial charge in [0.05, 0.1) is 23.1 Å². The number of halogens is 1. The van der Waals surface area contributed by atoms with E-state index in [1.54, 1.807) is 44.2 Å². The Bertz CT molecular complexity index is 1170. The summed E-state index contributed by atoms with van der Waals surface area (Å²) in [5.74, 6) is -1.29. The molecule has 2 aromatic carbocycles. The number of hydrogen-bond acceptors (Lipinski definition) is 8. The highest BCUT2D eigenvalue weighted by Crippen LogP contribution is 2.39. The average molecular weight is 519 g/mol. The third-order valence-electron chi connectivity index (χ3n) is 4.48. The number of nitrogens with zero attached hydrogens (tertiary/aromatic N) is 1. The van der Waals surface area contributed by atoms with Gasteiger partial charge in [-0.05, 0) is 61.5 Å². The summed E-state index contributed by atoms with van der Waals surface area (Å²) >= 11 is 7.06. The predicted octanol–water partition coefficient (Wildman–Crippen LogP) is 4.35. The number of thioether (sulfide) groups is 1. The number of imide groups is 1. The molecule has 0 saturated carbocycles. The van der Waals surface area contributed by atoms with Gasteiger partial charge in [-0.25, -0.2) is 0 Å². The van der Waals surface area contributed by atoms with Crippen LogP contribution in [0.1, 0.15) is 19.4 Å². The second-order valence-electron chi connectivity index (χ2n) is 7.54. The predicted molar refractivity (Wildman–Crippen MR) is 132 cm³/mol. The van der Waals surface area contributed by atoms with E-state index in [2.05, 4.69) is 5.32 Å². The van der Waals surface area contributed by atoms with Crippen LogP contribution in [0.5, 0.6) is 11.5 Å². The molecule has 3 amide bonds. The number of nitrogens with one attached hydrogen (secondary N) is 1. The van der Waals surface area contributed by atoms with Gasteiger partial charge < -0.3 is 19.5 Å². The maximum absolute atomic E-state index is 12.7. The van der Waals surface area contributed by atoms with E-state index >= 15 is 0 Å². The Hall–Kier alpha value is -3.50. The van der Waals surface area contributed by atoms with Crippen molar-refractivity contribution in [3.8, 4) is 11.5 Å². The minimum Gasteiger partial charge on any atom is -0.493 e. The van der Waals surface area contributed by atoms with Crippen LogP contribution in [0.4, 0.5) is 10.5 Å². The number of hydrogen-bond donors (Lipinski definition) is 1. The number of amides is 3. The highest BCUT2D eigenvalue weighted by molar-refractivity contribution is 8.18. The molecule has 0 aliphatic carbocycles. The van der Waals surface area contributed by atoms with Gasteiger partial charge in [0.2, 0.25) is 0 Å². The fourth-order valence-electron chi connectivity index (χ4n) is 3.04. The summed E-state index contributed by atoms with van der Waals surface area (Å²) in [6.07, 6.45) is 1.09.